The zero-order valence-electron chi connectivity index (χ0n) is 14.5. The van der Waals surface area contributed by atoms with E-state index in [4.69, 9.17) is 4.99 Å². The predicted molar refractivity (Wildman–Crippen MR) is 104 cm³/mol. The van der Waals surface area contributed by atoms with Gasteiger partial charge in [-0.3, -0.25) is 15.1 Å². The topological polar surface area (TPSA) is 79.6 Å². The number of amidine groups is 1. The van der Waals surface area contributed by atoms with Crippen LogP contribution in [0.15, 0.2) is 53.5 Å². The number of hydrogen-bond acceptors (Lipinski definition) is 4. The highest BCUT2D eigenvalue weighted by molar-refractivity contribution is 6.07. The highest BCUT2D eigenvalue weighted by Crippen LogP contribution is 2.34. The standard InChI is InChI=1S/C20H22N4O2/c25-24(26)16-12-10-14(11-13-16)19-20(21-15-6-2-1-3-7-15)23-18-9-5-4-8-17(18)22-19/h4-5,8-13,15,19,22H,1-3,6-7H2,(H,21,23). The van der Waals surface area contributed by atoms with E-state index < -0.39 is 0 Å². The molecule has 1 unspecified atom stereocenters. The lowest BCUT2D eigenvalue weighted by atomic mass is 9.95. The van der Waals surface area contributed by atoms with E-state index >= 15 is 0 Å². The van der Waals surface area contributed by atoms with Gasteiger partial charge in [0.25, 0.3) is 5.69 Å². The molecule has 6 nitrogen and oxygen atoms in total. The van der Waals surface area contributed by atoms with Crippen molar-refractivity contribution in [2.75, 3.05) is 10.6 Å². The minimum atomic E-state index is -0.372. The Morgan fingerprint density at radius 3 is 2.35 bits per heavy atom. The second-order valence-electron chi connectivity index (χ2n) is 6.90. The molecule has 4 rings (SSSR count). The second kappa shape index (κ2) is 7.15. The van der Waals surface area contributed by atoms with E-state index in [1.165, 1.54) is 19.3 Å². The van der Waals surface area contributed by atoms with Crippen LogP contribution in [0.3, 0.4) is 0 Å². The summed E-state index contributed by atoms with van der Waals surface area (Å²) >= 11 is 0. The molecule has 26 heavy (non-hydrogen) atoms. The fraction of sp³-hybridized carbons (Fsp3) is 0.350. The molecule has 1 heterocycles. The van der Waals surface area contributed by atoms with Crippen molar-refractivity contribution in [3.63, 3.8) is 0 Å². The van der Waals surface area contributed by atoms with Crippen LogP contribution in [0, 0.1) is 10.1 Å². The van der Waals surface area contributed by atoms with Crippen molar-refractivity contribution in [3.05, 3.63) is 64.2 Å². The summed E-state index contributed by atoms with van der Waals surface area (Å²) in [6.45, 7) is 0. The summed E-state index contributed by atoms with van der Waals surface area (Å²) in [6, 6.07) is 15.0. The molecular formula is C20H22N4O2. The summed E-state index contributed by atoms with van der Waals surface area (Å²) in [5, 5.41) is 18.0. The van der Waals surface area contributed by atoms with Crippen molar-refractivity contribution in [1.82, 2.24) is 0 Å². The zero-order valence-corrected chi connectivity index (χ0v) is 14.5. The minimum absolute atomic E-state index is 0.101. The summed E-state index contributed by atoms with van der Waals surface area (Å²) in [7, 11) is 0. The summed E-state index contributed by atoms with van der Waals surface area (Å²) in [4.78, 5) is 15.6. The molecule has 0 amide bonds. The van der Waals surface area contributed by atoms with Crippen LogP contribution in [-0.2, 0) is 0 Å². The largest absolute Gasteiger partial charge is 0.370 e. The van der Waals surface area contributed by atoms with E-state index in [9.17, 15) is 10.1 Å². The maximum Gasteiger partial charge on any atom is 0.269 e. The lowest BCUT2D eigenvalue weighted by Crippen LogP contribution is -2.33. The summed E-state index contributed by atoms with van der Waals surface area (Å²) < 4.78 is 0. The first-order valence-electron chi connectivity index (χ1n) is 9.15. The number of benzene rings is 2. The van der Waals surface area contributed by atoms with E-state index in [1.54, 1.807) is 12.1 Å². The molecule has 0 saturated heterocycles. The monoisotopic (exact) mass is 350 g/mol. The maximum atomic E-state index is 10.9. The lowest BCUT2D eigenvalue weighted by molar-refractivity contribution is -0.384. The molecule has 2 aromatic carbocycles. The number of nitro groups is 1. The van der Waals surface area contributed by atoms with Gasteiger partial charge in [-0.1, -0.05) is 31.4 Å². The van der Waals surface area contributed by atoms with Crippen molar-refractivity contribution in [2.24, 2.45) is 4.99 Å². The van der Waals surface area contributed by atoms with Gasteiger partial charge in [-0.05, 0) is 42.7 Å². The van der Waals surface area contributed by atoms with Crippen molar-refractivity contribution in [3.8, 4) is 0 Å². The number of nitro benzene ring substituents is 1. The van der Waals surface area contributed by atoms with E-state index in [1.807, 2.05) is 36.4 Å². The molecule has 1 fully saturated rings. The molecule has 1 aliphatic carbocycles. The Labute approximate surface area is 152 Å². The van der Waals surface area contributed by atoms with Gasteiger partial charge in [0.05, 0.1) is 22.3 Å². The van der Waals surface area contributed by atoms with Crippen LogP contribution >= 0.6 is 0 Å². The average Bonchev–Trinajstić information content (AvgIpc) is 2.68. The maximum absolute atomic E-state index is 10.9. The number of aliphatic imine (C=N–C) groups is 1. The molecule has 1 aliphatic heterocycles. The minimum Gasteiger partial charge on any atom is -0.370 e. The summed E-state index contributed by atoms with van der Waals surface area (Å²) in [5.41, 5.74) is 3.09. The second-order valence-corrected chi connectivity index (χ2v) is 6.90. The molecule has 134 valence electrons. The number of rotatable bonds is 3. The third-order valence-corrected chi connectivity index (χ3v) is 5.10. The molecule has 6 heteroatoms. The Morgan fingerprint density at radius 1 is 0.962 bits per heavy atom. The molecular weight excluding hydrogens is 328 g/mol. The van der Waals surface area contributed by atoms with Crippen LogP contribution in [-0.4, -0.2) is 16.8 Å². The van der Waals surface area contributed by atoms with Gasteiger partial charge < -0.3 is 10.6 Å². The van der Waals surface area contributed by atoms with Crippen molar-refractivity contribution >= 4 is 22.9 Å². The SMILES string of the molecule is O=[N+]([O-])c1ccc(C2Nc3ccccc3NC2=NC2CCCCC2)cc1. The quantitative estimate of drug-likeness (QED) is 0.609. The van der Waals surface area contributed by atoms with E-state index in [0.29, 0.717) is 6.04 Å². The number of non-ortho nitro benzene ring substituents is 1. The van der Waals surface area contributed by atoms with Gasteiger partial charge in [-0.25, -0.2) is 0 Å². The predicted octanol–water partition coefficient (Wildman–Crippen LogP) is 4.90. The van der Waals surface area contributed by atoms with E-state index in [0.717, 1.165) is 35.6 Å². The first-order chi connectivity index (χ1) is 12.7. The van der Waals surface area contributed by atoms with Gasteiger partial charge in [-0.2, -0.15) is 0 Å². The summed E-state index contributed by atoms with van der Waals surface area (Å²) in [6.07, 6.45) is 6.00. The molecule has 1 atom stereocenters. The van der Waals surface area contributed by atoms with Gasteiger partial charge in [-0.15, -0.1) is 0 Å². The fourth-order valence-electron chi connectivity index (χ4n) is 3.70. The lowest BCUT2D eigenvalue weighted by Gasteiger charge is -2.31. The van der Waals surface area contributed by atoms with E-state index in [2.05, 4.69) is 10.6 Å². The Bertz CT molecular complexity index is 826. The van der Waals surface area contributed by atoms with Crippen LogP contribution in [0.25, 0.3) is 0 Å². The van der Waals surface area contributed by atoms with Crippen molar-refractivity contribution < 1.29 is 4.92 Å². The van der Waals surface area contributed by atoms with Gasteiger partial charge in [0.15, 0.2) is 0 Å². The third kappa shape index (κ3) is 3.40. The first kappa shape index (κ1) is 16.6. The first-order valence-corrected chi connectivity index (χ1v) is 9.15. The van der Waals surface area contributed by atoms with Crippen LogP contribution in [0.5, 0.6) is 0 Å². The molecule has 2 aliphatic rings. The van der Waals surface area contributed by atoms with Gasteiger partial charge >= 0.3 is 0 Å². The molecule has 0 aromatic heterocycles. The molecule has 1 saturated carbocycles. The Balaban J connectivity index is 1.68. The number of fused-ring (bicyclic) bond motifs is 1. The molecule has 0 spiro atoms. The molecule has 2 N–H and O–H groups in total. The normalized spacial score (nSPS) is 21.5. The van der Waals surface area contributed by atoms with Crippen LogP contribution in [0.2, 0.25) is 0 Å². The van der Waals surface area contributed by atoms with E-state index in [-0.39, 0.29) is 16.7 Å². The number of nitrogens with zero attached hydrogens (tertiary/aromatic N) is 2. The molecule has 0 bridgehead atoms. The smallest absolute Gasteiger partial charge is 0.269 e. The zero-order chi connectivity index (χ0) is 17.9. The fourth-order valence-corrected chi connectivity index (χ4v) is 3.70. The Kier molecular flexibility index (Phi) is 4.56. The van der Waals surface area contributed by atoms with Crippen molar-refractivity contribution in [2.45, 2.75) is 44.2 Å². The number of para-hydroxylation sites is 2. The number of anilines is 2. The van der Waals surface area contributed by atoms with Crippen LogP contribution in [0.4, 0.5) is 17.1 Å². The highest BCUT2D eigenvalue weighted by atomic mass is 16.6. The highest BCUT2D eigenvalue weighted by Gasteiger charge is 2.27. The van der Waals surface area contributed by atoms with Gasteiger partial charge in [0.2, 0.25) is 0 Å². The average molecular weight is 350 g/mol. The van der Waals surface area contributed by atoms with Crippen LogP contribution < -0.4 is 10.6 Å². The Hall–Kier alpha value is -2.89. The van der Waals surface area contributed by atoms with Gasteiger partial charge in [0, 0.05) is 12.1 Å². The van der Waals surface area contributed by atoms with Gasteiger partial charge in [0.1, 0.15) is 11.9 Å². The van der Waals surface area contributed by atoms with Crippen molar-refractivity contribution in [1.29, 1.82) is 0 Å². The molecule has 0 radical (unpaired) electrons. The summed E-state index contributed by atoms with van der Waals surface area (Å²) in [5.74, 6) is 0.893. The van der Waals surface area contributed by atoms with Crippen LogP contribution in [0.1, 0.15) is 43.7 Å². The number of nitrogens with one attached hydrogen (secondary N) is 2. The third-order valence-electron chi connectivity index (χ3n) is 5.10. The Morgan fingerprint density at radius 2 is 1.65 bits per heavy atom. The molecule has 2 aromatic rings. The number of hydrogen-bond donors (Lipinski definition) is 2.